The summed E-state index contributed by atoms with van der Waals surface area (Å²) in [4.78, 5) is 0. The van der Waals surface area contributed by atoms with Gasteiger partial charge in [0.15, 0.2) is 0 Å². The highest BCUT2D eigenvalue weighted by Crippen LogP contribution is 2.53. The Balaban J connectivity index is 2.26. The van der Waals surface area contributed by atoms with E-state index >= 15 is 0 Å². The van der Waals surface area contributed by atoms with Crippen molar-refractivity contribution in [1.82, 2.24) is 0 Å². The molecule has 12 heavy (non-hydrogen) atoms. The molecule has 2 rings (SSSR count). The van der Waals surface area contributed by atoms with Gasteiger partial charge in [-0.3, -0.25) is 0 Å². The Labute approximate surface area is 75.0 Å². The largest absolute Gasteiger partial charge is 0.327 e. The Morgan fingerprint density at radius 2 is 2.25 bits per heavy atom. The summed E-state index contributed by atoms with van der Waals surface area (Å²) in [6.45, 7) is 6.56. The first-order chi connectivity index (χ1) is 5.64. The van der Waals surface area contributed by atoms with Gasteiger partial charge in [-0.2, -0.15) is 0 Å². The summed E-state index contributed by atoms with van der Waals surface area (Å²) in [5.41, 5.74) is 7.99. The van der Waals surface area contributed by atoms with Crippen LogP contribution in [0.15, 0.2) is 12.2 Å². The first-order valence-corrected chi connectivity index (χ1v) is 5.08. The summed E-state index contributed by atoms with van der Waals surface area (Å²) in [6.07, 6.45) is 6.36. The first kappa shape index (κ1) is 8.31. The molecule has 0 aromatic rings. The van der Waals surface area contributed by atoms with Crippen molar-refractivity contribution in [2.45, 2.75) is 45.1 Å². The fraction of sp³-hybridized carbons (Fsp3) is 0.818. The Morgan fingerprint density at radius 1 is 1.50 bits per heavy atom. The molecule has 2 aliphatic rings. The van der Waals surface area contributed by atoms with Crippen molar-refractivity contribution in [3.8, 4) is 0 Å². The standard InChI is InChI=1S/C11H19N/c1-8-5-6-9-10(12)4-3-7-11(8,9)2/h9-10H,1,3-7,12H2,2H3/t9?,10?,11-/m1/s1. The smallest absolute Gasteiger partial charge is 0.00755 e. The van der Waals surface area contributed by atoms with Crippen molar-refractivity contribution < 1.29 is 0 Å². The molecule has 0 radical (unpaired) electrons. The molecule has 2 unspecified atom stereocenters. The predicted molar refractivity (Wildman–Crippen MR) is 51.8 cm³/mol. The number of rotatable bonds is 0. The van der Waals surface area contributed by atoms with E-state index in [1.54, 1.807) is 0 Å². The van der Waals surface area contributed by atoms with Crippen LogP contribution >= 0.6 is 0 Å². The van der Waals surface area contributed by atoms with Crippen molar-refractivity contribution in [1.29, 1.82) is 0 Å². The number of hydrogen-bond acceptors (Lipinski definition) is 1. The molecule has 3 atom stereocenters. The average Bonchev–Trinajstić information content (AvgIpc) is 2.30. The number of nitrogens with two attached hydrogens (primary N) is 1. The molecule has 0 amide bonds. The van der Waals surface area contributed by atoms with Gasteiger partial charge in [-0.25, -0.2) is 0 Å². The quantitative estimate of drug-likeness (QED) is 0.548. The van der Waals surface area contributed by atoms with Crippen molar-refractivity contribution >= 4 is 0 Å². The van der Waals surface area contributed by atoms with Crippen LogP contribution in [-0.2, 0) is 0 Å². The highest BCUT2D eigenvalue weighted by Gasteiger charge is 2.46. The van der Waals surface area contributed by atoms with Gasteiger partial charge in [-0.1, -0.05) is 25.5 Å². The van der Waals surface area contributed by atoms with E-state index in [9.17, 15) is 0 Å². The highest BCUT2D eigenvalue weighted by molar-refractivity contribution is 5.19. The molecule has 0 spiro atoms. The molecule has 1 nitrogen and oxygen atoms in total. The summed E-state index contributed by atoms with van der Waals surface area (Å²) in [5, 5.41) is 0. The highest BCUT2D eigenvalue weighted by atomic mass is 14.7. The maximum absolute atomic E-state index is 6.13. The molecule has 0 bridgehead atoms. The van der Waals surface area contributed by atoms with Crippen LogP contribution in [0.3, 0.4) is 0 Å². The van der Waals surface area contributed by atoms with E-state index < -0.39 is 0 Å². The van der Waals surface area contributed by atoms with E-state index in [-0.39, 0.29) is 0 Å². The number of fused-ring (bicyclic) bond motifs is 1. The number of allylic oxidation sites excluding steroid dienone is 1. The van der Waals surface area contributed by atoms with Crippen molar-refractivity contribution in [2.24, 2.45) is 17.1 Å². The van der Waals surface area contributed by atoms with Crippen molar-refractivity contribution in [2.75, 3.05) is 0 Å². The molecule has 2 fully saturated rings. The zero-order valence-electron chi connectivity index (χ0n) is 7.97. The predicted octanol–water partition coefficient (Wildman–Crippen LogP) is 2.47. The lowest BCUT2D eigenvalue weighted by Gasteiger charge is -2.41. The van der Waals surface area contributed by atoms with Gasteiger partial charge < -0.3 is 5.73 Å². The zero-order valence-corrected chi connectivity index (χ0v) is 7.97. The third-order valence-electron chi connectivity index (χ3n) is 4.13. The van der Waals surface area contributed by atoms with Gasteiger partial charge in [0.05, 0.1) is 0 Å². The topological polar surface area (TPSA) is 26.0 Å². The maximum Gasteiger partial charge on any atom is 0.00755 e. The molecule has 0 aromatic heterocycles. The average molecular weight is 165 g/mol. The van der Waals surface area contributed by atoms with Gasteiger partial charge in [-0.05, 0) is 37.0 Å². The van der Waals surface area contributed by atoms with Gasteiger partial charge in [-0.15, -0.1) is 0 Å². The van der Waals surface area contributed by atoms with E-state index in [1.807, 2.05) is 0 Å². The second kappa shape index (κ2) is 2.59. The summed E-state index contributed by atoms with van der Waals surface area (Å²) in [5.74, 6) is 0.735. The lowest BCUT2D eigenvalue weighted by molar-refractivity contribution is 0.162. The maximum atomic E-state index is 6.13. The number of hydrogen-bond donors (Lipinski definition) is 1. The van der Waals surface area contributed by atoms with Crippen LogP contribution in [0.5, 0.6) is 0 Å². The minimum absolute atomic E-state index is 0.400. The Bertz CT molecular complexity index is 209. The lowest BCUT2D eigenvalue weighted by Crippen LogP contribution is -2.42. The van der Waals surface area contributed by atoms with Crippen LogP contribution in [0, 0.1) is 11.3 Å². The molecule has 68 valence electrons. The molecular weight excluding hydrogens is 146 g/mol. The molecular formula is C11H19N. The molecule has 0 heterocycles. The summed E-state index contributed by atoms with van der Waals surface area (Å²) in [6, 6.07) is 0.447. The van der Waals surface area contributed by atoms with Crippen LogP contribution in [-0.4, -0.2) is 6.04 Å². The Morgan fingerprint density at radius 3 is 2.92 bits per heavy atom. The fourth-order valence-corrected chi connectivity index (χ4v) is 3.15. The normalized spacial score (nSPS) is 47.7. The monoisotopic (exact) mass is 165 g/mol. The van der Waals surface area contributed by atoms with Gasteiger partial charge in [0.2, 0.25) is 0 Å². The minimum atomic E-state index is 0.400. The molecule has 2 N–H and O–H groups in total. The van der Waals surface area contributed by atoms with Gasteiger partial charge in [0, 0.05) is 6.04 Å². The first-order valence-electron chi connectivity index (χ1n) is 5.08. The van der Waals surface area contributed by atoms with Crippen LogP contribution in [0.4, 0.5) is 0 Å². The lowest BCUT2D eigenvalue weighted by atomic mass is 9.66. The van der Waals surface area contributed by atoms with E-state index in [1.165, 1.54) is 37.7 Å². The van der Waals surface area contributed by atoms with Crippen molar-refractivity contribution in [3.05, 3.63) is 12.2 Å². The molecule has 2 saturated carbocycles. The van der Waals surface area contributed by atoms with Gasteiger partial charge in [0.1, 0.15) is 0 Å². The summed E-state index contributed by atoms with van der Waals surface area (Å²) in [7, 11) is 0. The molecule has 0 aliphatic heterocycles. The van der Waals surface area contributed by atoms with Crippen LogP contribution in [0.25, 0.3) is 0 Å². The zero-order chi connectivity index (χ0) is 8.77. The third-order valence-corrected chi connectivity index (χ3v) is 4.13. The molecule has 0 aromatic carbocycles. The van der Waals surface area contributed by atoms with E-state index in [4.69, 9.17) is 5.73 Å². The fourth-order valence-electron chi connectivity index (χ4n) is 3.15. The van der Waals surface area contributed by atoms with E-state index in [0.717, 1.165) is 5.92 Å². The third kappa shape index (κ3) is 0.957. The van der Waals surface area contributed by atoms with E-state index in [2.05, 4.69) is 13.5 Å². The van der Waals surface area contributed by atoms with Crippen LogP contribution < -0.4 is 5.73 Å². The summed E-state index contributed by atoms with van der Waals surface area (Å²) >= 11 is 0. The van der Waals surface area contributed by atoms with Gasteiger partial charge in [0.25, 0.3) is 0 Å². The van der Waals surface area contributed by atoms with Crippen molar-refractivity contribution in [3.63, 3.8) is 0 Å². The molecule has 0 saturated heterocycles. The summed E-state index contributed by atoms with van der Waals surface area (Å²) < 4.78 is 0. The molecule has 1 heteroatoms. The SMILES string of the molecule is C=C1CCC2C(N)CCC[C@]12C. The minimum Gasteiger partial charge on any atom is -0.327 e. The molecule has 2 aliphatic carbocycles. The second-order valence-electron chi connectivity index (χ2n) is 4.72. The second-order valence-corrected chi connectivity index (χ2v) is 4.72. The Kier molecular flexibility index (Phi) is 1.80. The Hall–Kier alpha value is -0.300. The van der Waals surface area contributed by atoms with Gasteiger partial charge >= 0.3 is 0 Å². The van der Waals surface area contributed by atoms with E-state index in [0.29, 0.717) is 11.5 Å². The van der Waals surface area contributed by atoms with Crippen LogP contribution in [0.2, 0.25) is 0 Å². The van der Waals surface area contributed by atoms with Crippen LogP contribution in [0.1, 0.15) is 39.0 Å².